The molecule has 0 aliphatic rings. The molecule has 0 fully saturated rings. The van der Waals surface area contributed by atoms with Crippen LogP contribution in [0.5, 0.6) is 0 Å². The van der Waals surface area contributed by atoms with Gasteiger partial charge in [-0.3, -0.25) is 9.36 Å². The van der Waals surface area contributed by atoms with Crippen LogP contribution in [0.1, 0.15) is 26.5 Å². The van der Waals surface area contributed by atoms with Gasteiger partial charge in [-0.2, -0.15) is 0 Å². The highest BCUT2D eigenvalue weighted by molar-refractivity contribution is 8.00. The van der Waals surface area contributed by atoms with Gasteiger partial charge in [0.1, 0.15) is 5.76 Å². The number of furan rings is 1. The molecule has 0 saturated heterocycles. The molecule has 0 radical (unpaired) electrons. The quantitative estimate of drug-likeness (QED) is 0.621. The second-order valence-electron chi connectivity index (χ2n) is 6.77. The Hall–Kier alpha value is -2.54. The number of nitrogens with one attached hydrogen (secondary N) is 1. The summed E-state index contributed by atoms with van der Waals surface area (Å²) in [6, 6.07) is 11.8. The van der Waals surface area contributed by atoms with Crippen molar-refractivity contribution in [3.05, 3.63) is 48.4 Å². The highest BCUT2D eigenvalue weighted by Crippen LogP contribution is 2.31. The lowest BCUT2D eigenvalue weighted by atomic mass is 10.2. The summed E-state index contributed by atoms with van der Waals surface area (Å²) < 4.78 is 7.41. The summed E-state index contributed by atoms with van der Waals surface area (Å²) in [7, 11) is 0. The molecule has 1 atom stereocenters. The number of carbonyl (C=O) groups excluding carboxylic acids is 1. The molecule has 1 amide bonds. The molecule has 1 unspecified atom stereocenters. The molecule has 3 aromatic rings. The molecule has 1 N–H and O–H groups in total. The number of carbonyl (C=O) groups is 1. The van der Waals surface area contributed by atoms with Gasteiger partial charge < -0.3 is 9.73 Å². The van der Waals surface area contributed by atoms with Gasteiger partial charge in [0.15, 0.2) is 11.0 Å². The Morgan fingerprint density at radius 2 is 1.93 bits per heavy atom. The van der Waals surface area contributed by atoms with E-state index in [0.29, 0.717) is 23.4 Å². The highest BCUT2D eigenvalue weighted by Gasteiger charge is 2.23. The maximum absolute atomic E-state index is 12.4. The number of thioether (sulfide) groups is 1. The fourth-order valence-electron chi connectivity index (χ4n) is 2.61. The monoisotopic (exact) mass is 384 g/mol. The Bertz CT molecular complexity index is 902. The van der Waals surface area contributed by atoms with Crippen molar-refractivity contribution in [2.75, 3.05) is 6.54 Å². The fourth-order valence-corrected chi connectivity index (χ4v) is 3.50. The van der Waals surface area contributed by atoms with Crippen molar-refractivity contribution in [1.82, 2.24) is 20.1 Å². The van der Waals surface area contributed by atoms with Crippen LogP contribution in [0, 0.1) is 12.8 Å². The number of benzene rings is 1. The minimum atomic E-state index is -0.284. The summed E-state index contributed by atoms with van der Waals surface area (Å²) in [5, 5.41) is 12.1. The second kappa shape index (κ2) is 8.43. The summed E-state index contributed by atoms with van der Waals surface area (Å²) in [4.78, 5) is 12.4. The molecular formula is C20H24N4O2S. The Kier molecular flexibility index (Phi) is 6.01. The first kappa shape index (κ1) is 19.2. The Morgan fingerprint density at radius 3 is 2.56 bits per heavy atom. The van der Waals surface area contributed by atoms with Crippen LogP contribution in [0.3, 0.4) is 0 Å². The first-order chi connectivity index (χ1) is 13.0. The maximum Gasteiger partial charge on any atom is 0.233 e. The predicted molar refractivity (Wildman–Crippen MR) is 107 cm³/mol. The van der Waals surface area contributed by atoms with Gasteiger partial charge in [-0.25, -0.2) is 0 Å². The number of rotatable bonds is 7. The molecule has 27 heavy (non-hydrogen) atoms. The van der Waals surface area contributed by atoms with Crippen LogP contribution in [0.15, 0.2) is 52.2 Å². The maximum atomic E-state index is 12.4. The molecule has 0 aliphatic carbocycles. The molecule has 0 bridgehead atoms. The van der Waals surface area contributed by atoms with Gasteiger partial charge in [-0.05, 0) is 38.0 Å². The average molecular weight is 385 g/mol. The number of para-hydroxylation sites is 1. The molecule has 2 heterocycles. The summed E-state index contributed by atoms with van der Waals surface area (Å²) in [5.74, 6) is 1.88. The van der Waals surface area contributed by atoms with Crippen molar-refractivity contribution in [3.63, 3.8) is 0 Å². The third kappa shape index (κ3) is 4.42. The molecule has 6 nitrogen and oxygen atoms in total. The zero-order valence-corrected chi connectivity index (χ0v) is 16.8. The second-order valence-corrected chi connectivity index (χ2v) is 8.07. The lowest BCUT2D eigenvalue weighted by molar-refractivity contribution is -0.120. The Labute approximate surface area is 163 Å². The third-order valence-electron chi connectivity index (χ3n) is 4.08. The number of nitrogens with zero attached hydrogens (tertiary/aromatic N) is 3. The van der Waals surface area contributed by atoms with Gasteiger partial charge in [-0.1, -0.05) is 43.8 Å². The van der Waals surface area contributed by atoms with E-state index in [1.807, 2.05) is 54.8 Å². The van der Waals surface area contributed by atoms with Crippen LogP contribution >= 0.6 is 11.8 Å². The van der Waals surface area contributed by atoms with E-state index in [-0.39, 0.29) is 11.2 Å². The van der Waals surface area contributed by atoms with E-state index in [1.54, 1.807) is 6.26 Å². The standard InChI is InChI=1S/C20H24N4O2S/c1-13(2)12-21-19(25)15(4)27-20-23-22-18(17-10-11-26-14(17)3)24(20)16-8-6-5-7-9-16/h5-11,13,15H,12H2,1-4H3,(H,21,25). The van der Waals surface area contributed by atoms with Gasteiger partial charge in [-0.15, -0.1) is 10.2 Å². The molecule has 1 aromatic carbocycles. The molecule has 142 valence electrons. The van der Waals surface area contributed by atoms with E-state index in [4.69, 9.17) is 4.42 Å². The van der Waals surface area contributed by atoms with Crippen molar-refractivity contribution in [1.29, 1.82) is 0 Å². The topological polar surface area (TPSA) is 72.9 Å². The van der Waals surface area contributed by atoms with Crippen LogP contribution in [0.4, 0.5) is 0 Å². The van der Waals surface area contributed by atoms with Crippen molar-refractivity contribution in [2.24, 2.45) is 5.92 Å². The lowest BCUT2D eigenvalue weighted by Gasteiger charge is -2.14. The molecule has 0 spiro atoms. The van der Waals surface area contributed by atoms with Crippen LogP contribution < -0.4 is 5.32 Å². The molecule has 0 saturated carbocycles. The smallest absolute Gasteiger partial charge is 0.233 e. The zero-order chi connectivity index (χ0) is 19.4. The SMILES string of the molecule is Cc1occc1-c1nnc(SC(C)C(=O)NCC(C)C)n1-c1ccccc1. The normalized spacial score (nSPS) is 12.3. The minimum Gasteiger partial charge on any atom is -0.469 e. The van der Waals surface area contributed by atoms with Crippen molar-refractivity contribution in [2.45, 2.75) is 38.1 Å². The highest BCUT2D eigenvalue weighted by atomic mass is 32.2. The van der Waals surface area contributed by atoms with Gasteiger partial charge in [0.25, 0.3) is 0 Å². The lowest BCUT2D eigenvalue weighted by Crippen LogP contribution is -2.33. The average Bonchev–Trinajstić information content (AvgIpc) is 3.26. The summed E-state index contributed by atoms with van der Waals surface area (Å²) in [6.45, 7) is 8.59. The van der Waals surface area contributed by atoms with Crippen molar-refractivity contribution >= 4 is 17.7 Å². The number of aryl methyl sites for hydroxylation is 1. The Balaban J connectivity index is 1.93. The molecule has 7 heteroatoms. The summed E-state index contributed by atoms with van der Waals surface area (Å²) in [6.07, 6.45) is 1.64. The zero-order valence-electron chi connectivity index (χ0n) is 16.0. The van der Waals surface area contributed by atoms with Crippen LogP contribution in [-0.2, 0) is 4.79 Å². The molecule has 3 rings (SSSR count). The fraction of sp³-hybridized carbons (Fsp3) is 0.350. The van der Waals surface area contributed by atoms with Crippen molar-refractivity contribution < 1.29 is 9.21 Å². The van der Waals surface area contributed by atoms with Gasteiger partial charge in [0.2, 0.25) is 5.91 Å². The first-order valence-corrected chi connectivity index (χ1v) is 9.85. The van der Waals surface area contributed by atoms with E-state index >= 15 is 0 Å². The summed E-state index contributed by atoms with van der Waals surface area (Å²) >= 11 is 1.40. The Morgan fingerprint density at radius 1 is 1.19 bits per heavy atom. The van der Waals surface area contributed by atoms with Gasteiger partial charge in [0, 0.05) is 12.2 Å². The van der Waals surface area contributed by atoms with E-state index in [9.17, 15) is 4.79 Å². The third-order valence-corrected chi connectivity index (χ3v) is 5.13. The van der Waals surface area contributed by atoms with Crippen LogP contribution in [0.2, 0.25) is 0 Å². The van der Waals surface area contributed by atoms with Gasteiger partial charge in [0.05, 0.1) is 17.1 Å². The largest absolute Gasteiger partial charge is 0.469 e. The first-order valence-electron chi connectivity index (χ1n) is 8.97. The predicted octanol–water partition coefficient (Wildman–Crippen LogP) is 4.09. The van der Waals surface area contributed by atoms with Crippen molar-refractivity contribution in [3.8, 4) is 17.1 Å². The number of hydrogen-bond acceptors (Lipinski definition) is 5. The van der Waals surface area contributed by atoms with E-state index < -0.39 is 0 Å². The molecule has 2 aromatic heterocycles. The minimum absolute atomic E-state index is 0.00245. The summed E-state index contributed by atoms with van der Waals surface area (Å²) in [5.41, 5.74) is 1.82. The number of aromatic nitrogens is 3. The number of hydrogen-bond donors (Lipinski definition) is 1. The van der Waals surface area contributed by atoms with Crippen LogP contribution in [-0.4, -0.2) is 32.5 Å². The van der Waals surface area contributed by atoms with Gasteiger partial charge >= 0.3 is 0 Å². The number of amides is 1. The van der Waals surface area contributed by atoms with E-state index in [0.717, 1.165) is 17.0 Å². The van der Waals surface area contributed by atoms with Crippen LogP contribution in [0.25, 0.3) is 17.1 Å². The molecular weight excluding hydrogens is 360 g/mol. The molecule has 0 aliphatic heterocycles. The van der Waals surface area contributed by atoms with E-state index in [2.05, 4.69) is 29.4 Å². The van der Waals surface area contributed by atoms with E-state index in [1.165, 1.54) is 11.8 Å².